The SMILES string of the molecule is O=Cc1ccc(N2CCCN(c3ccccc3)C2=O)cc1OC(F)F. The van der Waals surface area contributed by atoms with E-state index in [0.717, 1.165) is 12.1 Å². The molecule has 1 saturated heterocycles. The Labute approximate surface area is 143 Å². The minimum Gasteiger partial charge on any atom is -0.434 e. The molecule has 0 aromatic heterocycles. The van der Waals surface area contributed by atoms with Crippen molar-refractivity contribution < 1.29 is 23.1 Å². The molecule has 0 radical (unpaired) electrons. The zero-order valence-corrected chi connectivity index (χ0v) is 13.3. The van der Waals surface area contributed by atoms with Gasteiger partial charge in [0.05, 0.1) is 5.56 Å². The minimum atomic E-state index is -3.05. The number of amides is 2. The lowest BCUT2D eigenvalue weighted by atomic mass is 10.1. The van der Waals surface area contributed by atoms with Crippen molar-refractivity contribution in [1.82, 2.24) is 0 Å². The van der Waals surface area contributed by atoms with Crippen LogP contribution in [0.2, 0.25) is 0 Å². The smallest absolute Gasteiger partial charge is 0.387 e. The maximum Gasteiger partial charge on any atom is 0.387 e. The summed E-state index contributed by atoms with van der Waals surface area (Å²) in [5.74, 6) is -0.243. The molecule has 1 fully saturated rings. The summed E-state index contributed by atoms with van der Waals surface area (Å²) in [4.78, 5) is 26.9. The van der Waals surface area contributed by atoms with Crippen LogP contribution < -0.4 is 14.5 Å². The average Bonchev–Trinajstić information content (AvgIpc) is 2.62. The van der Waals surface area contributed by atoms with Crippen LogP contribution in [0.25, 0.3) is 0 Å². The number of urea groups is 1. The lowest BCUT2D eigenvalue weighted by Crippen LogP contribution is -2.49. The van der Waals surface area contributed by atoms with Gasteiger partial charge in [0.15, 0.2) is 6.29 Å². The lowest BCUT2D eigenvalue weighted by Gasteiger charge is -2.35. The Morgan fingerprint density at radius 3 is 2.32 bits per heavy atom. The topological polar surface area (TPSA) is 49.9 Å². The molecule has 1 heterocycles. The number of rotatable bonds is 5. The summed E-state index contributed by atoms with van der Waals surface area (Å²) < 4.78 is 29.5. The molecule has 0 unspecified atom stereocenters. The highest BCUT2D eigenvalue weighted by atomic mass is 19.3. The third-order valence-electron chi connectivity index (χ3n) is 3.94. The number of halogens is 2. The number of anilines is 2. The van der Waals surface area contributed by atoms with E-state index in [0.29, 0.717) is 25.1 Å². The van der Waals surface area contributed by atoms with Crippen LogP contribution in [0.1, 0.15) is 16.8 Å². The molecule has 2 amide bonds. The van der Waals surface area contributed by atoms with Crippen LogP contribution in [0, 0.1) is 0 Å². The highest BCUT2D eigenvalue weighted by molar-refractivity contribution is 6.04. The Morgan fingerprint density at radius 1 is 1.00 bits per heavy atom. The number of alkyl halides is 2. The number of hydrogen-bond acceptors (Lipinski definition) is 3. The predicted molar refractivity (Wildman–Crippen MR) is 89.6 cm³/mol. The second-order valence-corrected chi connectivity index (χ2v) is 5.49. The molecule has 130 valence electrons. The number of para-hydroxylation sites is 1. The number of carbonyl (C=O) groups is 2. The largest absolute Gasteiger partial charge is 0.434 e. The van der Waals surface area contributed by atoms with Crippen molar-refractivity contribution in [3.8, 4) is 5.75 Å². The summed E-state index contributed by atoms with van der Waals surface area (Å²) >= 11 is 0. The molecule has 0 N–H and O–H groups in total. The molecule has 0 aliphatic carbocycles. The maximum atomic E-state index is 12.8. The average molecular weight is 346 g/mol. The van der Waals surface area contributed by atoms with Gasteiger partial charge in [0.1, 0.15) is 5.75 Å². The molecule has 2 aromatic carbocycles. The van der Waals surface area contributed by atoms with Gasteiger partial charge >= 0.3 is 12.6 Å². The van der Waals surface area contributed by atoms with E-state index in [1.54, 1.807) is 11.0 Å². The molecule has 1 aliphatic rings. The number of hydrogen-bond donors (Lipinski definition) is 0. The van der Waals surface area contributed by atoms with E-state index in [4.69, 9.17) is 0 Å². The van der Waals surface area contributed by atoms with E-state index in [9.17, 15) is 18.4 Å². The second kappa shape index (κ2) is 7.29. The van der Waals surface area contributed by atoms with Crippen molar-refractivity contribution in [2.24, 2.45) is 0 Å². The van der Waals surface area contributed by atoms with Crippen LogP contribution in [0.5, 0.6) is 5.75 Å². The van der Waals surface area contributed by atoms with Crippen LogP contribution in [-0.4, -0.2) is 32.0 Å². The fourth-order valence-electron chi connectivity index (χ4n) is 2.80. The quantitative estimate of drug-likeness (QED) is 0.771. The van der Waals surface area contributed by atoms with Crippen molar-refractivity contribution in [1.29, 1.82) is 0 Å². The van der Waals surface area contributed by atoms with Crippen LogP contribution in [0.4, 0.5) is 25.0 Å². The van der Waals surface area contributed by atoms with Crippen molar-refractivity contribution in [3.63, 3.8) is 0 Å². The standard InChI is InChI=1S/C18H16F2N2O3/c19-17(20)25-16-11-15(8-7-13(16)12-23)22-10-4-9-21(18(22)24)14-5-2-1-3-6-14/h1-3,5-8,11-12,17H,4,9-10H2. The number of carbonyl (C=O) groups excluding carboxylic acids is 2. The van der Waals surface area contributed by atoms with Gasteiger partial charge in [-0.15, -0.1) is 0 Å². The molecular weight excluding hydrogens is 330 g/mol. The molecule has 0 saturated carbocycles. The minimum absolute atomic E-state index is 0.00780. The van der Waals surface area contributed by atoms with Gasteiger partial charge in [-0.05, 0) is 30.7 Å². The molecule has 0 bridgehead atoms. The van der Waals surface area contributed by atoms with E-state index >= 15 is 0 Å². The summed E-state index contributed by atoms with van der Waals surface area (Å²) in [5, 5.41) is 0. The monoisotopic (exact) mass is 346 g/mol. The Bertz CT molecular complexity index is 768. The van der Waals surface area contributed by atoms with Crippen molar-refractivity contribution in [3.05, 3.63) is 54.1 Å². The van der Waals surface area contributed by atoms with E-state index < -0.39 is 6.61 Å². The van der Waals surface area contributed by atoms with Crippen LogP contribution in [-0.2, 0) is 0 Å². The van der Waals surface area contributed by atoms with E-state index in [1.165, 1.54) is 17.0 Å². The van der Waals surface area contributed by atoms with E-state index in [2.05, 4.69) is 4.74 Å². The highest BCUT2D eigenvalue weighted by Gasteiger charge is 2.28. The Morgan fingerprint density at radius 2 is 1.68 bits per heavy atom. The molecule has 0 atom stereocenters. The van der Waals surface area contributed by atoms with Crippen molar-refractivity contribution >= 4 is 23.7 Å². The third-order valence-corrected chi connectivity index (χ3v) is 3.94. The van der Waals surface area contributed by atoms with E-state index in [-0.39, 0.29) is 17.3 Å². The summed E-state index contributed by atoms with van der Waals surface area (Å²) in [6.07, 6.45) is 1.16. The summed E-state index contributed by atoms with van der Waals surface area (Å²) in [6, 6.07) is 13.2. The first-order valence-corrected chi connectivity index (χ1v) is 7.78. The van der Waals surface area contributed by atoms with E-state index in [1.807, 2.05) is 30.3 Å². The van der Waals surface area contributed by atoms with Crippen LogP contribution in [0.3, 0.4) is 0 Å². The van der Waals surface area contributed by atoms with Gasteiger partial charge < -0.3 is 4.74 Å². The van der Waals surface area contributed by atoms with Crippen LogP contribution in [0.15, 0.2) is 48.5 Å². The zero-order chi connectivity index (χ0) is 17.8. The first-order chi connectivity index (χ1) is 12.1. The van der Waals surface area contributed by atoms with Gasteiger partial charge in [0.2, 0.25) is 0 Å². The first kappa shape index (κ1) is 16.9. The van der Waals surface area contributed by atoms with Crippen molar-refractivity contribution in [2.45, 2.75) is 13.0 Å². The van der Waals surface area contributed by atoms with Crippen LogP contribution >= 0.6 is 0 Å². The van der Waals surface area contributed by atoms with Gasteiger partial charge in [-0.2, -0.15) is 8.78 Å². The summed E-state index contributed by atoms with van der Waals surface area (Å²) in [5.41, 5.74) is 1.19. The fraction of sp³-hybridized carbons (Fsp3) is 0.222. The summed E-state index contributed by atoms with van der Waals surface area (Å²) in [7, 11) is 0. The van der Waals surface area contributed by atoms with Gasteiger partial charge in [-0.25, -0.2) is 4.79 Å². The maximum absolute atomic E-state index is 12.8. The van der Waals surface area contributed by atoms with Crippen molar-refractivity contribution in [2.75, 3.05) is 22.9 Å². The third kappa shape index (κ3) is 3.60. The lowest BCUT2D eigenvalue weighted by molar-refractivity contribution is -0.0500. The Hall–Kier alpha value is -2.96. The highest BCUT2D eigenvalue weighted by Crippen LogP contribution is 2.29. The molecule has 0 spiro atoms. The number of ether oxygens (including phenoxy) is 1. The normalized spacial score (nSPS) is 14.8. The number of aldehydes is 1. The Kier molecular flexibility index (Phi) is 4.92. The Balaban J connectivity index is 1.90. The molecule has 2 aromatic rings. The van der Waals surface area contributed by atoms with Gasteiger partial charge in [-0.1, -0.05) is 18.2 Å². The molecule has 25 heavy (non-hydrogen) atoms. The first-order valence-electron chi connectivity index (χ1n) is 7.78. The predicted octanol–water partition coefficient (Wildman–Crippen LogP) is 3.94. The molecule has 3 rings (SSSR count). The van der Waals surface area contributed by atoms with Gasteiger partial charge in [-0.3, -0.25) is 14.6 Å². The molecular formula is C18H16F2N2O3. The molecule has 5 nitrogen and oxygen atoms in total. The van der Waals surface area contributed by atoms with Gasteiger partial charge in [0, 0.05) is 30.5 Å². The molecule has 1 aliphatic heterocycles. The zero-order valence-electron chi connectivity index (χ0n) is 13.3. The summed E-state index contributed by atoms with van der Waals surface area (Å²) in [6.45, 7) is -2.02. The second-order valence-electron chi connectivity index (χ2n) is 5.49. The number of benzene rings is 2. The number of nitrogens with zero attached hydrogens (tertiary/aromatic N) is 2. The fourth-order valence-corrected chi connectivity index (χ4v) is 2.80. The molecule has 7 heteroatoms. The van der Waals surface area contributed by atoms with Gasteiger partial charge in [0.25, 0.3) is 0 Å².